The van der Waals surface area contributed by atoms with Crippen LogP contribution in [0.15, 0.2) is 17.6 Å². The maximum atomic E-state index is 4.70. The maximum Gasteiger partial charge on any atom is 0.0496 e. The van der Waals surface area contributed by atoms with E-state index in [2.05, 4.69) is 26.6 Å². The van der Waals surface area contributed by atoms with Crippen LogP contribution in [0.3, 0.4) is 0 Å². The molecule has 0 aromatic rings. The van der Waals surface area contributed by atoms with E-state index in [1.165, 1.54) is 32.1 Å². The highest BCUT2D eigenvalue weighted by Gasteiger charge is 2.15. The summed E-state index contributed by atoms with van der Waals surface area (Å²) in [4.78, 5) is 4.70. The molecule has 80 valence electrons. The van der Waals surface area contributed by atoms with Gasteiger partial charge in [-0.1, -0.05) is 39.2 Å². The molecule has 0 unspecified atom stereocenters. The average molecular weight is 193 g/mol. The van der Waals surface area contributed by atoms with Gasteiger partial charge in [-0.2, -0.15) is 0 Å². The predicted octanol–water partition coefficient (Wildman–Crippen LogP) is 3.99. The fourth-order valence-corrected chi connectivity index (χ4v) is 1.96. The molecular weight excluding hydrogens is 170 g/mol. The van der Waals surface area contributed by atoms with E-state index in [-0.39, 0.29) is 5.41 Å². The number of rotatable bonds is 4. The highest BCUT2D eigenvalue weighted by atomic mass is 14.8. The molecule has 0 aromatic heterocycles. The Balaban J connectivity index is 2.40. The Kier molecular flexibility index (Phi) is 4.37. The van der Waals surface area contributed by atoms with Crippen LogP contribution in [-0.4, -0.2) is 12.3 Å². The summed E-state index contributed by atoms with van der Waals surface area (Å²) < 4.78 is 0. The van der Waals surface area contributed by atoms with Crippen molar-refractivity contribution < 1.29 is 0 Å². The lowest BCUT2D eigenvalue weighted by atomic mass is 9.90. The van der Waals surface area contributed by atoms with E-state index in [0.717, 1.165) is 6.42 Å². The topological polar surface area (TPSA) is 12.4 Å². The van der Waals surface area contributed by atoms with Crippen LogP contribution in [0.25, 0.3) is 0 Å². The molecule has 0 aliphatic heterocycles. The zero-order valence-corrected chi connectivity index (χ0v) is 9.63. The monoisotopic (exact) mass is 193 g/mol. The largest absolute Gasteiger partial charge is 0.294 e. The maximum absolute atomic E-state index is 4.70. The number of hydrogen-bond donors (Lipinski definition) is 0. The SMILES string of the molecule is C=CCC(C)(C)/C=N/C1CCCCC1. The molecule has 0 radical (unpaired) electrons. The molecule has 1 fully saturated rings. The van der Waals surface area contributed by atoms with Crippen molar-refractivity contribution in [1.82, 2.24) is 0 Å². The van der Waals surface area contributed by atoms with Crippen LogP contribution in [0.1, 0.15) is 52.4 Å². The van der Waals surface area contributed by atoms with Crippen LogP contribution >= 0.6 is 0 Å². The molecule has 0 atom stereocenters. The highest BCUT2D eigenvalue weighted by molar-refractivity contribution is 5.65. The van der Waals surface area contributed by atoms with Crippen LogP contribution < -0.4 is 0 Å². The molecule has 0 bridgehead atoms. The minimum atomic E-state index is 0.194. The van der Waals surface area contributed by atoms with Gasteiger partial charge in [-0.25, -0.2) is 0 Å². The smallest absolute Gasteiger partial charge is 0.0496 e. The summed E-state index contributed by atoms with van der Waals surface area (Å²) in [7, 11) is 0. The molecule has 0 N–H and O–H groups in total. The summed E-state index contributed by atoms with van der Waals surface area (Å²) in [5.74, 6) is 0. The molecule has 0 saturated heterocycles. The van der Waals surface area contributed by atoms with E-state index in [4.69, 9.17) is 4.99 Å². The Morgan fingerprint density at radius 3 is 2.50 bits per heavy atom. The van der Waals surface area contributed by atoms with Gasteiger partial charge in [-0.3, -0.25) is 4.99 Å². The van der Waals surface area contributed by atoms with E-state index in [0.29, 0.717) is 6.04 Å². The first-order chi connectivity index (χ1) is 6.64. The fraction of sp³-hybridized carbons (Fsp3) is 0.769. The second-order valence-corrected chi connectivity index (χ2v) is 5.05. The Labute approximate surface area is 88.3 Å². The third-order valence-corrected chi connectivity index (χ3v) is 2.88. The number of allylic oxidation sites excluding steroid dienone is 1. The minimum Gasteiger partial charge on any atom is -0.294 e. The molecule has 1 aliphatic carbocycles. The molecular formula is C13H23N. The van der Waals surface area contributed by atoms with Gasteiger partial charge in [0.25, 0.3) is 0 Å². The van der Waals surface area contributed by atoms with Crippen LogP contribution in [-0.2, 0) is 0 Å². The number of nitrogens with zero attached hydrogens (tertiary/aromatic N) is 1. The van der Waals surface area contributed by atoms with E-state index in [1.807, 2.05) is 6.08 Å². The van der Waals surface area contributed by atoms with Gasteiger partial charge in [0.05, 0.1) is 0 Å². The van der Waals surface area contributed by atoms with Crippen molar-refractivity contribution in [2.75, 3.05) is 0 Å². The molecule has 0 heterocycles. The van der Waals surface area contributed by atoms with Crippen molar-refractivity contribution in [3.05, 3.63) is 12.7 Å². The molecule has 1 rings (SSSR count). The summed E-state index contributed by atoms with van der Waals surface area (Å²) >= 11 is 0. The quantitative estimate of drug-likeness (QED) is 0.473. The van der Waals surface area contributed by atoms with E-state index < -0.39 is 0 Å². The van der Waals surface area contributed by atoms with E-state index in [9.17, 15) is 0 Å². The van der Waals surface area contributed by atoms with Gasteiger partial charge in [0, 0.05) is 17.7 Å². The molecule has 1 aliphatic rings. The first-order valence-corrected chi connectivity index (χ1v) is 5.79. The Bertz CT molecular complexity index is 197. The van der Waals surface area contributed by atoms with Crippen LogP contribution in [0.5, 0.6) is 0 Å². The van der Waals surface area contributed by atoms with Crippen LogP contribution in [0.4, 0.5) is 0 Å². The third kappa shape index (κ3) is 4.08. The van der Waals surface area contributed by atoms with Gasteiger partial charge in [-0.05, 0) is 19.3 Å². The first-order valence-electron chi connectivity index (χ1n) is 5.79. The average Bonchev–Trinajstić information content (AvgIpc) is 2.17. The van der Waals surface area contributed by atoms with Crippen LogP contribution in [0, 0.1) is 5.41 Å². The summed E-state index contributed by atoms with van der Waals surface area (Å²) in [6.07, 6.45) is 11.9. The van der Waals surface area contributed by atoms with Gasteiger partial charge in [0.2, 0.25) is 0 Å². The van der Waals surface area contributed by atoms with Gasteiger partial charge in [0.15, 0.2) is 0 Å². The number of aliphatic imine (C=N–C) groups is 1. The van der Waals surface area contributed by atoms with E-state index >= 15 is 0 Å². The van der Waals surface area contributed by atoms with Gasteiger partial charge in [-0.15, -0.1) is 6.58 Å². The normalized spacial score (nSPS) is 20.1. The van der Waals surface area contributed by atoms with Gasteiger partial charge in [0.1, 0.15) is 0 Å². The summed E-state index contributed by atoms with van der Waals surface area (Å²) in [5.41, 5.74) is 0.194. The third-order valence-electron chi connectivity index (χ3n) is 2.88. The molecule has 0 aromatic carbocycles. The van der Waals surface area contributed by atoms with Gasteiger partial charge >= 0.3 is 0 Å². The highest BCUT2D eigenvalue weighted by Crippen LogP contribution is 2.23. The van der Waals surface area contributed by atoms with Crippen molar-refractivity contribution in [3.8, 4) is 0 Å². The second kappa shape index (κ2) is 5.33. The summed E-state index contributed by atoms with van der Waals surface area (Å²) in [5, 5.41) is 0. The van der Waals surface area contributed by atoms with Crippen molar-refractivity contribution in [2.45, 2.75) is 58.4 Å². The Morgan fingerprint density at radius 1 is 1.29 bits per heavy atom. The Morgan fingerprint density at radius 2 is 1.93 bits per heavy atom. The number of hydrogen-bond acceptors (Lipinski definition) is 1. The van der Waals surface area contributed by atoms with Crippen molar-refractivity contribution in [3.63, 3.8) is 0 Å². The van der Waals surface area contributed by atoms with Crippen molar-refractivity contribution in [2.24, 2.45) is 10.4 Å². The predicted molar refractivity (Wildman–Crippen MR) is 64.0 cm³/mol. The molecule has 1 heteroatoms. The molecule has 0 spiro atoms. The zero-order valence-electron chi connectivity index (χ0n) is 9.63. The second-order valence-electron chi connectivity index (χ2n) is 5.05. The summed E-state index contributed by atoms with van der Waals surface area (Å²) in [6, 6.07) is 0.604. The molecule has 1 saturated carbocycles. The standard InChI is InChI=1S/C13H23N/c1-4-10-13(2,3)11-14-12-8-6-5-7-9-12/h4,11-12H,1,5-10H2,2-3H3/b14-11+. The summed E-state index contributed by atoms with van der Waals surface area (Å²) in [6.45, 7) is 8.23. The Hall–Kier alpha value is -0.590. The zero-order chi connectivity index (χ0) is 10.4. The lowest BCUT2D eigenvalue weighted by Gasteiger charge is -2.21. The first kappa shape index (κ1) is 11.5. The van der Waals surface area contributed by atoms with Crippen LogP contribution in [0.2, 0.25) is 0 Å². The lowest BCUT2D eigenvalue weighted by Crippen LogP contribution is -2.16. The van der Waals surface area contributed by atoms with Crippen molar-refractivity contribution in [1.29, 1.82) is 0 Å². The molecule has 14 heavy (non-hydrogen) atoms. The van der Waals surface area contributed by atoms with Gasteiger partial charge < -0.3 is 0 Å². The minimum absolute atomic E-state index is 0.194. The fourth-order valence-electron chi connectivity index (χ4n) is 1.96. The molecule has 0 amide bonds. The van der Waals surface area contributed by atoms with E-state index in [1.54, 1.807) is 0 Å². The molecule has 1 nitrogen and oxygen atoms in total. The lowest BCUT2D eigenvalue weighted by molar-refractivity contribution is 0.438. The van der Waals surface area contributed by atoms with Crippen molar-refractivity contribution >= 4 is 6.21 Å².